The molecule has 0 saturated carbocycles. The second-order valence-corrected chi connectivity index (χ2v) is 10.6. The van der Waals surface area contributed by atoms with Crippen LogP contribution in [0, 0.1) is 12.3 Å². The van der Waals surface area contributed by atoms with Crippen molar-refractivity contribution >= 4 is 16.8 Å². The molecule has 3 aromatic rings. The van der Waals surface area contributed by atoms with Crippen LogP contribution >= 0.6 is 0 Å². The summed E-state index contributed by atoms with van der Waals surface area (Å²) < 4.78 is 23.0. The summed E-state index contributed by atoms with van der Waals surface area (Å²) in [6.07, 6.45) is 10.6. The van der Waals surface area contributed by atoms with Crippen LogP contribution < -0.4 is 9.47 Å². The van der Waals surface area contributed by atoms with E-state index in [4.69, 9.17) is 19.6 Å². The molecule has 4 rings (SSSR count). The molecule has 2 aromatic carbocycles. The summed E-state index contributed by atoms with van der Waals surface area (Å²) in [5, 5.41) is 8.83. The molecule has 0 amide bonds. The average Bonchev–Trinajstić information content (AvgIpc) is 3.08. The molecule has 0 fully saturated rings. The summed E-state index contributed by atoms with van der Waals surface area (Å²) in [5.41, 5.74) is 6.77. The van der Waals surface area contributed by atoms with Crippen molar-refractivity contribution in [1.82, 2.24) is 4.98 Å². The number of nitrogens with zero attached hydrogens (tertiary/aromatic N) is 1. The molecule has 1 N–H and O–H groups in total. The highest BCUT2D eigenvalue weighted by Gasteiger charge is 2.17. The number of hydrogen-bond acceptors (Lipinski definition) is 5. The Morgan fingerprint density at radius 3 is 2.50 bits per heavy atom. The third kappa shape index (κ3) is 9.04. The number of carbonyl (C=O) groups is 1. The van der Waals surface area contributed by atoms with E-state index in [9.17, 15) is 9.00 Å². The quantitative estimate of drug-likeness (QED) is 0.254. The van der Waals surface area contributed by atoms with Crippen LogP contribution in [-0.2, 0) is 41.5 Å². The number of hydrogen-bond donors (Lipinski definition) is 1. The number of pyridine rings is 1. The fourth-order valence-corrected chi connectivity index (χ4v) is 4.76. The molecule has 1 atom stereocenters. The number of carboxylic acids is 1. The summed E-state index contributed by atoms with van der Waals surface area (Å²) in [7, 11) is -0.803. The van der Waals surface area contributed by atoms with Gasteiger partial charge in [-0.2, -0.15) is 0 Å². The highest BCUT2D eigenvalue weighted by atomic mass is 32.2. The van der Waals surface area contributed by atoms with Gasteiger partial charge in [-0.25, -0.2) is 4.98 Å². The molecule has 1 aromatic heterocycles. The van der Waals surface area contributed by atoms with E-state index in [0.717, 1.165) is 53.8 Å². The van der Waals surface area contributed by atoms with E-state index in [0.29, 0.717) is 31.3 Å². The number of ether oxygens (including phenoxy) is 2. The maximum absolute atomic E-state index is 11.2. The van der Waals surface area contributed by atoms with Gasteiger partial charge in [0, 0.05) is 40.9 Å². The van der Waals surface area contributed by atoms with Crippen molar-refractivity contribution in [3.05, 3.63) is 77.0 Å². The number of aliphatic carboxylic acids is 1. The summed E-state index contributed by atoms with van der Waals surface area (Å²) in [5.74, 6) is 3.48. The predicted octanol–water partition coefficient (Wildman–Crippen LogP) is 5.62. The lowest BCUT2D eigenvalue weighted by molar-refractivity contribution is -0.136. The Balaban J connectivity index is 0.00000127. The molecule has 1 aliphatic rings. The van der Waals surface area contributed by atoms with Crippen LogP contribution in [0.2, 0.25) is 0 Å². The van der Waals surface area contributed by atoms with Gasteiger partial charge in [0.1, 0.15) is 12.4 Å². The van der Waals surface area contributed by atoms with Crippen LogP contribution in [0.5, 0.6) is 11.6 Å². The van der Waals surface area contributed by atoms with Gasteiger partial charge in [-0.3, -0.25) is 9.00 Å². The largest absolute Gasteiger partial charge is 0.489 e. The first-order valence-corrected chi connectivity index (χ1v) is 14.5. The number of aryl methyl sites for hydroxylation is 3. The molecule has 6 nitrogen and oxygen atoms in total. The molecular formula is C31H35NO5S. The standard InChI is InChI=1S/C28H31NO5S.C3H4/c1-35(32)17-3-16-33-27-14-13-24-25-18-21(6-10-22(25)4-2-5-26(24)29-27)19-34-23-11-7-20(8-12-23)9-15-28(30)31;1-3-2/h6-8,10-14,18H,2-5,9,15-17,19H2,1H3,(H,30,31);1H,2H3. The minimum absolute atomic E-state index is 0.125. The van der Waals surface area contributed by atoms with Crippen molar-refractivity contribution in [3.8, 4) is 35.1 Å². The molecule has 0 saturated heterocycles. The van der Waals surface area contributed by atoms with Gasteiger partial charge in [-0.15, -0.1) is 12.3 Å². The van der Waals surface area contributed by atoms with E-state index in [-0.39, 0.29) is 6.42 Å². The van der Waals surface area contributed by atoms with Gasteiger partial charge in [0.25, 0.3) is 0 Å². The summed E-state index contributed by atoms with van der Waals surface area (Å²) in [6, 6.07) is 18.1. The zero-order valence-corrected chi connectivity index (χ0v) is 22.9. The van der Waals surface area contributed by atoms with Crippen molar-refractivity contribution in [2.45, 2.75) is 52.1 Å². The molecule has 0 aliphatic heterocycles. The third-order valence-corrected chi connectivity index (χ3v) is 6.92. The van der Waals surface area contributed by atoms with Crippen LogP contribution in [0.25, 0.3) is 11.1 Å². The molecule has 0 radical (unpaired) electrons. The van der Waals surface area contributed by atoms with Gasteiger partial charge in [0.2, 0.25) is 5.88 Å². The minimum atomic E-state index is -0.803. The van der Waals surface area contributed by atoms with E-state index in [2.05, 4.69) is 36.6 Å². The zero-order chi connectivity index (χ0) is 27.3. The Kier molecular flexibility index (Phi) is 11.4. The molecule has 1 heterocycles. The minimum Gasteiger partial charge on any atom is -0.489 e. The first kappa shape index (κ1) is 28.9. The van der Waals surface area contributed by atoms with Crippen LogP contribution in [0.1, 0.15) is 48.6 Å². The Hall–Kier alpha value is -3.63. The van der Waals surface area contributed by atoms with Gasteiger partial charge in [0.15, 0.2) is 0 Å². The number of terminal acetylenes is 1. The van der Waals surface area contributed by atoms with Crippen LogP contribution in [0.3, 0.4) is 0 Å². The Labute approximate surface area is 227 Å². The van der Waals surface area contributed by atoms with Crippen LogP contribution in [0.15, 0.2) is 54.6 Å². The van der Waals surface area contributed by atoms with E-state index >= 15 is 0 Å². The fourth-order valence-electron chi connectivity index (χ4n) is 4.24. The Bertz CT molecular complexity index is 1280. The fraction of sp³-hybridized carbons (Fsp3) is 0.355. The first-order valence-electron chi connectivity index (χ1n) is 12.8. The highest BCUT2D eigenvalue weighted by molar-refractivity contribution is 7.84. The van der Waals surface area contributed by atoms with Crippen molar-refractivity contribution < 1.29 is 23.6 Å². The van der Waals surface area contributed by atoms with Crippen molar-refractivity contribution in [3.63, 3.8) is 0 Å². The SMILES string of the molecule is C#CC.CS(=O)CCCOc1ccc2c(n1)CCCc1ccc(COc3ccc(CCC(=O)O)cc3)cc1-2. The summed E-state index contributed by atoms with van der Waals surface area (Å²) in [6.45, 7) is 2.62. The maximum Gasteiger partial charge on any atom is 0.303 e. The van der Waals surface area contributed by atoms with Gasteiger partial charge >= 0.3 is 5.97 Å². The van der Waals surface area contributed by atoms with Gasteiger partial charge in [-0.1, -0.05) is 24.3 Å². The topological polar surface area (TPSA) is 85.7 Å². The lowest BCUT2D eigenvalue weighted by Gasteiger charge is -2.13. The molecule has 200 valence electrons. The highest BCUT2D eigenvalue weighted by Crippen LogP contribution is 2.34. The number of carboxylic acid groups (broad SMARTS) is 1. The monoisotopic (exact) mass is 533 g/mol. The molecule has 0 bridgehead atoms. The van der Waals surface area contributed by atoms with Crippen LogP contribution in [-0.4, -0.2) is 38.9 Å². The van der Waals surface area contributed by atoms with Gasteiger partial charge < -0.3 is 14.6 Å². The van der Waals surface area contributed by atoms with E-state index in [1.54, 1.807) is 13.2 Å². The molecule has 1 unspecified atom stereocenters. The van der Waals surface area contributed by atoms with Gasteiger partial charge in [-0.05, 0) is 85.5 Å². The smallest absolute Gasteiger partial charge is 0.303 e. The van der Waals surface area contributed by atoms with Crippen LogP contribution in [0.4, 0.5) is 0 Å². The maximum atomic E-state index is 11.2. The lowest BCUT2D eigenvalue weighted by Crippen LogP contribution is -2.05. The van der Waals surface area contributed by atoms with E-state index < -0.39 is 16.8 Å². The number of aromatic nitrogens is 1. The lowest BCUT2D eigenvalue weighted by atomic mass is 9.97. The second kappa shape index (κ2) is 14.9. The normalized spacial score (nSPS) is 12.4. The Morgan fingerprint density at radius 1 is 1.05 bits per heavy atom. The summed E-state index contributed by atoms with van der Waals surface area (Å²) >= 11 is 0. The first-order chi connectivity index (χ1) is 18.4. The van der Waals surface area contributed by atoms with Crippen molar-refractivity contribution in [2.24, 2.45) is 0 Å². The number of benzene rings is 2. The molecule has 0 spiro atoms. The summed E-state index contributed by atoms with van der Waals surface area (Å²) in [4.78, 5) is 15.5. The molecule has 7 heteroatoms. The Morgan fingerprint density at radius 2 is 1.79 bits per heavy atom. The average molecular weight is 534 g/mol. The van der Waals surface area contributed by atoms with Crippen molar-refractivity contribution in [1.29, 1.82) is 0 Å². The van der Waals surface area contributed by atoms with Crippen molar-refractivity contribution in [2.75, 3.05) is 18.6 Å². The third-order valence-electron chi connectivity index (χ3n) is 6.06. The number of fused-ring (bicyclic) bond motifs is 3. The number of rotatable bonds is 11. The second-order valence-electron chi connectivity index (χ2n) is 9.08. The predicted molar refractivity (Wildman–Crippen MR) is 152 cm³/mol. The van der Waals surface area contributed by atoms with E-state index in [1.165, 1.54) is 11.1 Å². The molecule has 38 heavy (non-hydrogen) atoms. The van der Waals surface area contributed by atoms with E-state index in [1.807, 2.05) is 30.3 Å². The molecule has 1 aliphatic carbocycles. The zero-order valence-electron chi connectivity index (χ0n) is 22.1. The molecular weight excluding hydrogens is 498 g/mol. The van der Waals surface area contributed by atoms with Gasteiger partial charge in [0.05, 0.1) is 12.3 Å².